The van der Waals surface area contributed by atoms with Crippen molar-refractivity contribution in [1.82, 2.24) is 24.7 Å². The molecule has 0 unspecified atom stereocenters. The van der Waals surface area contributed by atoms with Gasteiger partial charge in [0.1, 0.15) is 11.4 Å². The molecule has 6 nitrogen and oxygen atoms in total. The maximum Gasteiger partial charge on any atom is 0.217 e. The van der Waals surface area contributed by atoms with Crippen LogP contribution in [0.15, 0.2) is 46.8 Å². The van der Waals surface area contributed by atoms with Gasteiger partial charge in [0, 0.05) is 18.2 Å². The van der Waals surface area contributed by atoms with Crippen LogP contribution in [0, 0.1) is 6.92 Å². The van der Waals surface area contributed by atoms with E-state index in [0.717, 1.165) is 28.1 Å². The van der Waals surface area contributed by atoms with Crippen LogP contribution >= 0.6 is 11.8 Å². The highest BCUT2D eigenvalue weighted by atomic mass is 32.2. The summed E-state index contributed by atoms with van der Waals surface area (Å²) in [5.41, 5.74) is 2.28. The van der Waals surface area contributed by atoms with E-state index in [1.807, 2.05) is 13.0 Å². The lowest BCUT2D eigenvalue weighted by molar-refractivity contribution is 0.324. The molecule has 0 spiro atoms. The van der Waals surface area contributed by atoms with E-state index in [2.05, 4.69) is 62.8 Å². The molecule has 2 aromatic heterocycles. The lowest BCUT2D eigenvalue weighted by atomic mass is 10.1. The predicted molar refractivity (Wildman–Crippen MR) is 93.2 cm³/mol. The van der Waals surface area contributed by atoms with Gasteiger partial charge >= 0.3 is 0 Å². The first-order valence-electron chi connectivity index (χ1n) is 7.84. The van der Waals surface area contributed by atoms with Gasteiger partial charge in [0.2, 0.25) is 5.88 Å². The van der Waals surface area contributed by atoms with Crippen LogP contribution in [0.25, 0.3) is 11.4 Å². The number of hydrogen-bond acceptors (Lipinski definition) is 6. The van der Waals surface area contributed by atoms with Gasteiger partial charge in [-0.15, -0.1) is 10.2 Å². The quantitative estimate of drug-likeness (QED) is 0.638. The number of hydrogen-bond donors (Lipinski definition) is 0. The fourth-order valence-electron chi connectivity index (χ4n) is 2.26. The molecule has 0 saturated heterocycles. The third kappa shape index (κ3) is 3.56. The molecule has 7 heteroatoms. The highest BCUT2D eigenvalue weighted by molar-refractivity contribution is 7.99. The van der Waals surface area contributed by atoms with Crippen molar-refractivity contribution in [2.45, 2.75) is 37.5 Å². The molecule has 0 bridgehead atoms. The Bertz CT molecular complexity index is 816. The number of aromatic nitrogens is 5. The largest absolute Gasteiger partial charge is 0.478 e. The number of ether oxygens (including phenoxy) is 1. The average molecular weight is 341 g/mol. The summed E-state index contributed by atoms with van der Waals surface area (Å²) in [5.74, 6) is 1.43. The van der Waals surface area contributed by atoms with E-state index in [4.69, 9.17) is 4.74 Å². The van der Waals surface area contributed by atoms with Crippen molar-refractivity contribution in [2.75, 3.05) is 6.61 Å². The van der Waals surface area contributed by atoms with Crippen molar-refractivity contribution in [3.8, 4) is 17.3 Å². The Kier molecular flexibility index (Phi) is 5.10. The fourth-order valence-corrected chi connectivity index (χ4v) is 3.12. The molecule has 124 valence electrons. The van der Waals surface area contributed by atoms with Gasteiger partial charge in [-0.3, -0.25) is 0 Å². The molecule has 1 aromatic carbocycles. The minimum Gasteiger partial charge on any atom is -0.478 e. The molecule has 2 heterocycles. The van der Waals surface area contributed by atoms with Gasteiger partial charge in [0.05, 0.1) is 6.61 Å². The molecule has 0 fully saturated rings. The second-order valence-corrected chi connectivity index (χ2v) is 6.13. The van der Waals surface area contributed by atoms with E-state index < -0.39 is 0 Å². The topological polar surface area (TPSA) is 65.7 Å². The van der Waals surface area contributed by atoms with Gasteiger partial charge in [0.25, 0.3) is 0 Å². The third-order valence-corrected chi connectivity index (χ3v) is 4.36. The van der Waals surface area contributed by atoms with E-state index in [9.17, 15) is 0 Å². The van der Waals surface area contributed by atoms with Crippen molar-refractivity contribution in [1.29, 1.82) is 0 Å². The van der Waals surface area contributed by atoms with Crippen molar-refractivity contribution in [2.24, 2.45) is 0 Å². The van der Waals surface area contributed by atoms with E-state index in [1.54, 1.807) is 0 Å². The van der Waals surface area contributed by atoms with E-state index in [0.29, 0.717) is 12.5 Å². The number of nitrogens with zero attached hydrogens (tertiary/aromatic N) is 5. The molecule has 0 aliphatic rings. The van der Waals surface area contributed by atoms with Gasteiger partial charge in [-0.05, 0) is 32.5 Å². The van der Waals surface area contributed by atoms with Gasteiger partial charge in [-0.1, -0.05) is 29.8 Å². The fraction of sp³-hybridized carbons (Fsp3) is 0.294. The molecular weight excluding hydrogens is 322 g/mol. The monoisotopic (exact) mass is 341 g/mol. The zero-order valence-corrected chi connectivity index (χ0v) is 14.7. The highest BCUT2D eigenvalue weighted by Crippen LogP contribution is 2.29. The summed E-state index contributed by atoms with van der Waals surface area (Å²) < 4.78 is 7.50. The standard InChI is InChI=1S/C17H19N5OS/c1-4-22-16(13-8-6-12(3)7-9-13)20-21-17(22)24-15-10-14(23-5-2)18-11-19-15/h6-11H,4-5H2,1-3H3. The van der Waals surface area contributed by atoms with Crippen molar-refractivity contribution in [3.05, 3.63) is 42.2 Å². The Hall–Kier alpha value is -2.41. The summed E-state index contributed by atoms with van der Waals surface area (Å²) >= 11 is 1.46. The Morgan fingerprint density at radius 3 is 2.58 bits per heavy atom. The number of aryl methyl sites for hydroxylation is 1. The minimum absolute atomic E-state index is 0.566. The molecule has 0 saturated carbocycles. The minimum atomic E-state index is 0.566. The first-order chi connectivity index (χ1) is 11.7. The van der Waals surface area contributed by atoms with E-state index >= 15 is 0 Å². The van der Waals surface area contributed by atoms with Crippen LogP contribution in [0.4, 0.5) is 0 Å². The van der Waals surface area contributed by atoms with Gasteiger partial charge in [-0.2, -0.15) is 0 Å². The molecule has 24 heavy (non-hydrogen) atoms. The smallest absolute Gasteiger partial charge is 0.217 e. The van der Waals surface area contributed by atoms with Crippen molar-refractivity contribution in [3.63, 3.8) is 0 Å². The summed E-state index contributed by atoms with van der Waals surface area (Å²) in [4.78, 5) is 8.36. The summed E-state index contributed by atoms with van der Waals surface area (Å²) in [6.45, 7) is 7.43. The normalized spacial score (nSPS) is 10.8. The molecule has 0 atom stereocenters. The molecule has 0 N–H and O–H groups in total. The second kappa shape index (κ2) is 7.44. The van der Waals surface area contributed by atoms with E-state index in [1.165, 1.54) is 23.7 Å². The SMILES string of the molecule is CCOc1cc(Sc2nnc(-c3ccc(C)cc3)n2CC)ncn1. The Morgan fingerprint density at radius 1 is 1.08 bits per heavy atom. The molecule has 0 amide bonds. The van der Waals surface area contributed by atoms with Crippen LogP contribution in [0.2, 0.25) is 0 Å². The second-order valence-electron chi connectivity index (χ2n) is 5.15. The average Bonchev–Trinajstić information content (AvgIpc) is 2.99. The molecule has 0 aliphatic carbocycles. The lowest BCUT2D eigenvalue weighted by Gasteiger charge is -2.08. The van der Waals surface area contributed by atoms with Gasteiger partial charge in [0.15, 0.2) is 11.0 Å². The van der Waals surface area contributed by atoms with Crippen molar-refractivity contribution >= 4 is 11.8 Å². The van der Waals surface area contributed by atoms with Crippen molar-refractivity contribution < 1.29 is 4.74 Å². The maximum atomic E-state index is 5.42. The van der Waals surface area contributed by atoms with Crippen LogP contribution in [0.3, 0.4) is 0 Å². The van der Waals surface area contributed by atoms with Crippen LogP contribution in [-0.4, -0.2) is 31.3 Å². The zero-order valence-electron chi connectivity index (χ0n) is 13.9. The Balaban J connectivity index is 1.89. The third-order valence-electron chi connectivity index (χ3n) is 3.45. The maximum absolute atomic E-state index is 5.42. The molecule has 3 rings (SSSR count). The van der Waals surface area contributed by atoms with Gasteiger partial charge < -0.3 is 9.30 Å². The summed E-state index contributed by atoms with van der Waals surface area (Å²) in [7, 11) is 0. The lowest BCUT2D eigenvalue weighted by Crippen LogP contribution is -2.00. The predicted octanol–water partition coefficient (Wildman–Crippen LogP) is 3.61. The molecule has 0 radical (unpaired) electrons. The Labute approximate surface area is 145 Å². The van der Waals surface area contributed by atoms with Crippen LogP contribution in [-0.2, 0) is 6.54 Å². The van der Waals surface area contributed by atoms with Crippen LogP contribution < -0.4 is 4.74 Å². The molecule has 3 aromatic rings. The summed E-state index contributed by atoms with van der Waals surface area (Å²) in [6, 6.07) is 10.1. The number of benzene rings is 1. The van der Waals surface area contributed by atoms with E-state index in [-0.39, 0.29) is 0 Å². The zero-order chi connectivity index (χ0) is 16.9. The first-order valence-corrected chi connectivity index (χ1v) is 8.65. The molecule has 0 aliphatic heterocycles. The number of rotatable bonds is 6. The van der Waals surface area contributed by atoms with Crippen LogP contribution in [0.5, 0.6) is 5.88 Å². The highest BCUT2D eigenvalue weighted by Gasteiger charge is 2.14. The van der Waals surface area contributed by atoms with Gasteiger partial charge in [-0.25, -0.2) is 9.97 Å². The first kappa shape index (κ1) is 16.4. The van der Waals surface area contributed by atoms with Crippen LogP contribution in [0.1, 0.15) is 19.4 Å². The summed E-state index contributed by atoms with van der Waals surface area (Å²) in [6.07, 6.45) is 1.50. The Morgan fingerprint density at radius 2 is 1.88 bits per heavy atom. The molecular formula is C17H19N5OS. The summed E-state index contributed by atoms with van der Waals surface area (Å²) in [5, 5.41) is 10.3.